The van der Waals surface area contributed by atoms with Crippen LogP contribution < -0.4 is 15.0 Å². The maximum Gasteiger partial charge on any atom is 0.407 e. The zero-order valence-electron chi connectivity index (χ0n) is 28.0. The zero-order valence-corrected chi connectivity index (χ0v) is 28.0. The molecule has 1 saturated heterocycles. The fourth-order valence-corrected chi connectivity index (χ4v) is 7.10. The number of piperidine rings is 1. The van der Waals surface area contributed by atoms with Crippen molar-refractivity contribution in [2.75, 3.05) is 44.8 Å². The van der Waals surface area contributed by atoms with E-state index in [0.29, 0.717) is 29.8 Å². The fourth-order valence-electron chi connectivity index (χ4n) is 7.10. The number of hydrogen-bond donors (Lipinski definition) is 2. The predicted octanol–water partition coefficient (Wildman–Crippen LogP) is 5.53. The Morgan fingerprint density at radius 1 is 1.13 bits per heavy atom. The number of amides is 2. The average molecular weight is 649 g/mol. The van der Waals surface area contributed by atoms with Gasteiger partial charge in [0.1, 0.15) is 23.0 Å². The van der Waals surface area contributed by atoms with Gasteiger partial charge in [0, 0.05) is 56.2 Å². The van der Waals surface area contributed by atoms with Crippen LogP contribution in [0, 0.1) is 0 Å². The molecule has 12 heteroatoms. The Balaban J connectivity index is 1.37. The SMILES string of the molecule is CCn1c(-c2cc3cccc4c3n2C(C)CN4CCCO)nc2cc(C(=O)N3C[C@H](F)C[C@@H](NC(=O)OC(C)(C)C)C3)cc(OC)c21. The van der Waals surface area contributed by atoms with E-state index in [9.17, 15) is 19.1 Å². The highest BCUT2D eigenvalue weighted by Crippen LogP contribution is 2.42. The van der Waals surface area contributed by atoms with Gasteiger partial charge >= 0.3 is 6.09 Å². The number of halogens is 1. The molecule has 0 bridgehead atoms. The van der Waals surface area contributed by atoms with E-state index in [0.717, 1.165) is 46.7 Å². The Kier molecular flexibility index (Phi) is 8.82. The highest BCUT2D eigenvalue weighted by atomic mass is 19.1. The number of nitrogens with one attached hydrogen (secondary N) is 1. The molecule has 47 heavy (non-hydrogen) atoms. The molecule has 4 heterocycles. The number of carbonyl (C=O) groups excluding carboxylic acids is 2. The van der Waals surface area contributed by atoms with E-state index in [2.05, 4.69) is 57.5 Å². The number of aliphatic hydroxyl groups is 1. The number of likely N-dealkylation sites (tertiary alicyclic amines) is 1. The van der Waals surface area contributed by atoms with E-state index in [-0.39, 0.29) is 38.1 Å². The number of carbonyl (C=O) groups is 2. The Bertz CT molecular complexity index is 1810. The summed E-state index contributed by atoms with van der Waals surface area (Å²) in [4.78, 5) is 35.1. The summed E-state index contributed by atoms with van der Waals surface area (Å²) in [6.07, 6.45) is -1.13. The van der Waals surface area contributed by atoms with Crippen LogP contribution >= 0.6 is 0 Å². The molecule has 0 saturated carbocycles. The molecule has 0 aliphatic carbocycles. The van der Waals surface area contributed by atoms with Gasteiger partial charge in [-0.25, -0.2) is 14.2 Å². The zero-order chi connectivity index (χ0) is 33.6. The number of alkyl halides is 1. The lowest BCUT2D eigenvalue weighted by molar-refractivity contribution is 0.0394. The number of nitrogens with zero attached hydrogens (tertiary/aromatic N) is 5. The van der Waals surface area contributed by atoms with Crippen molar-refractivity contribution < 1.29 is 28.6 Å². The first-order valence-electron chi connectivity index (χ1n) is 16.4. The Labute approximate surface area is 274 Å². The molecule has 1 unspecified atom stereocenters. The molecule has 11 nitrogen and oxygen atoms in total. The van der Waals surface area contributed by atoms with Crippen molar-refractivity contribution in [2.45, 2.75) is 77.9 Å². The minimum atomic E-state index is -1.30. The molecule has 6 rings (SSSR count). The molecule has 1 fully saturated rings. The maximum absolute atomic E-state index is 14.9. The highest BCUT2D eigenvalue weighted by molar-refractivity contribution is 6.01. The molecule has 2 N–H and O–H groups in total. The van der Waals surface area contributed by atoms with Crippen molar-refractivity contribution in [1.29, 1.82) is 0 Å². The third-order valence-corrected chi connectivity index (χ3v) is 8.92. The summed E-state index contributed by atoms with van der Waals surface area (Å²) >= 11 is 0. The lowest BCUT2D eigenvalue weighted by Gasteiger charge is -2.35. The molecule has 3 atom stereocenters. The van der Waals surface area contributed by atoms with Crippen LogP contribution in [0.5, 0.6) is 5.75 Å². The molecule has 2 aromatic heterocycles. The van der Waals surface area contributed by atoms with Crippen LogP contribution in [0.2, 0.25) is 0 Å². The Morgan fingerprint density at radius 3 is 2.62 bits per heavy atom. The van der Waals surface area contributed by atoms with Crippen molar-refractivity contribution in [1.82, 2.24) is 24.3 Å². The van der Waals surface area contributed by atoms with E-state index in [1.54, 1.807) is 40.0 Å². The number of benzene rings is 2. The van der Waals surface area contributed by atoms with Crippen molar-refractivity contribution in [3.8, 4) is 17.3 Å². The number of aliphatic hydroxyl groups excluding tert-OH is 1. The largest absolute Gasteiger partial charge is 0.494 e. The molecule has 0 spiro atoms. The molecule has 2 aromatic carbocycles. The minimum Gasteiger partial charge on any atom is -0.494 e. The van der Waals surface area contributed by atoms with Crippen molar-refractivity contribution in [3.05, 3.63) is 42.0 Å². The van der Waals surface area contributed by atoms with Crippen LogP contribution in [0.25, 0.3) is 33.5 Å². The first-order valence-corrected chi connectivity index (χ1v) is 16.4. The third-order valence-electron chi connectivity index (χ3n) is 8.92. The molecule has 2 aliphatic rings. The number of aromatic nitrogens is 3. The second-order valence-corrected chi connectivity index (χ2v) is 13.6. The Hall–Kier alpha value is -4.32. The predicted molar refractivity (Wildman–Crippen MR) is 180 cm³/mol. The monoisotopic (exact) mass is 648 g/mol. The number of imidazole rings is 1. The van der Waals surface area contributed by atoms with Gasteiger partial charge in [0.15, 0.2) is 5.82 Å². The van der Waals surface area contributed by atoms with E-state index >= 15 is 0 Å². The quantitative estimate of drug-likeness (QED) is 0.258. The van der Waals surface area contributed by atoms with Crippen LogP contribution in [-0.4, -0.2) is 93.8 Å². The first-order chi connectivity index (χ1) is 22.4. The number of fused-ring (bicyclic) bond motifs is 1. The summed E-state index contributed by atoms with van der Waals surface area (Å²) < 4.78 is 30.6. The molecular formula is C35H45FN6O5. The lowest BCUT2D eigenvalue weighted by Crippen LogP contribution is -2.54. The fraction of sp³-hybridized carbons (Fsp3) is 0.514. The average Bonchev–Trinajstić information content (AvgIpc) is 3.59. The summed E-state index contributed by atoms with van der Waals surface area (Å²) in [5.41, 5.74) is 4.27. The van der Waals surface area contributed by atoms with Gasteiger partial charge in [-0.2, -0.15) is 0 Å². The van der Waals surface area contributed by atoms with Gasteiger partial charge in [-0.3, -0.25) is 4.79 Å². The number of anilines is 1. The van der Waals surface area contributed by atoms with E-state index in [1.807, 2.05) is 0 Å². The van der Waals surface area contributed by atoms with Gasteiger partial charge in [-0.15, -0.1) is 0 Å². The molecular weight excluding hydrogens is 603 g/mol. The van der Waals surface area contributed by atoms with Gasteiger partial charge in [0.25, 0.3) is 5.91 Å². The normalized spacial score (nSPS) is 19.8. The standard InChI is InChI=1S/C35H45FN6O5/c1-7-41-31-26(38-32(41)28-15-22-10-8-11-27-30(22)42(28)21(2)18-39(27)12-9-13-43)14-23(16-29(31)46-6)33(44)40-19-24(36)17-25(20-40)37-34(45)47-35(3,4)5/h8,10-11,14-16,21,24-25,43H,7,9,12-13,17-20H2,1-6H3,(H,37,45)/t21?,24-,25-/m1/s1. The first kappa shape index (κ1) is 32.6. The second-order valence-electron chi connectivity index (χ2n) is 13.6. The molecule has 252 valence electrons. The van der Waals surface area contributed by atoms with Crippen LogP contribution in [0.3, 0.4) is 0 Å². The summed E-state index contributed by atoms with van der Waals surface area (Å²) in [5, 5.41) is 13.3. The van der Waals surface area contributed by atoms with E-state index in [4.69, 9.17) is 14.5 Å². The number of rotatable bonds is 8. The minimum absolute atomic E-state index is 0.0734. The summed E-state index contributed by atoms with van der Waals surface area (Å²) in [5.74, 6) is 0.912. The van der Waals surface area contributed by atoms with Gasteiger partial charge in [-0.05, 0) is 65.3 Å². The summed E-state index contributed by atoms with van der Waals surface area (Å²) in [6, 6.07) is 11.5. The van der Waals surface area contributed by atoms with Crippen molar-refractivity contribution >= 4 is 39.6 Å². The number of alkyl carbamates (subject to hydrolysis) is 1. The van der Waals surface area contributed by atoms with E-state index in [1.165, 1.54) is 4.90 Å². The smallest absolute Gasteiger partial charge is 0.407 e. The van der Waals surface area contributed by atoms with Crippen LogP contribution in [0.1, 0.15) is 63.9 Å². The summed E-state index contributed by atoms with van der Waals surface area (Å²) in [7, 11) is 1.57. The van der Waals surface area contributed by atoms with Crippen LogP contribution in [0.15, 0.2) is 36.4 Å². The van der Waals surface area contributed by atoms with Crippen molar-refractivity contribution in [3.63, 3.8) is 0 Å². The number of ether oxygens (including phenoxy) is 2. The van der Waals surface area contributed by atoms with Crippen molar-refractivity contribution in [2.24, 2.45) is 0 Å². The van der Waals surface area contributed by atoms with Gasteiger partial charge in [0.2, 0.25) is 0 Å². The topological polar surface area (TPSA) is 114 Å². The highest BCUT2D eigenvalue weighted by Gasteiger charge is 2.34. The van der Waals surface area contributed by atoms with Gasteiger partial charge < -0.3 is 38.8 Å². The number of hydrogen-bond acceptors (Lipinski definition) is 7. The maximum atomic E-state index is 14.9. The number of aryl methyl sites for hydroxylation is 1. The second kappa shape index (κ2) is 12.7. The van der Waals surface area contributed by atoms with Gasteiger partial charge in [0.05, 0.1) is 42.1 Å². The van der Waals surface area contributed by atoms with Crippen LogP contribution in [-0.2, 0) is 11.3 Å². The molecule has 4 aromatic rings. The Morgan fingerprint density at radius 2 is 1.91 bits per heavy atom. The number of methoxy groups -OCH3 is 1. The summed E-state index contributed by atoms with van der Waals surface area (Å²) in [6.45, 7) is 12.0. The third kappa shape index (κ3) is 6.22. The molecule has 2 amide bonds. The van der Waals surface area contributed by atoms with E-state index < -0.39 is 23.9 Å². The molecule has 2 aliphatic heterocycles. The molecule has 0 radical (unpaired) electrons. The van der Waals surface area contributed by atoms with Crippen LogP contribution in [0.4, 0.5) is 14.9 Å². The van der Waals surface area contributed by atoms with Gasteiger partial charge in [-0.1, -0.05) is 12.1 Å². The number of para-hydroxylation sites is 1. The lowest BCUT2D eigenvalue weighted by atomic mass is 10.0.